The minimum absolute atomic E-state index is 0.820. The number of nitrogens with one attached hydrogen (secondary N) is 1. The summed E-state index contributed by atoms with van der Waals surface area (Å²) in [4.78, 5) is 0. The van der Waals surface area contributed by atoms with Gasteiger partial charge in [-0.1, -0.05) is 51.9 Å². The fourth-order valence-electron chi connectivity index (χ4n) is 3.68. The second-order valence-corrected chi connectivity index (χ2v) is 6.49. The Morgan fingerprint density at radius 1 is 0.765 bits per heavy atom. The Labute approximate surface area is 108 Å². The summed E-state index contributed by atoms with van der Waals surface area (Å²) in [6.45, 7) is 3.76. The molecule has 0 aromatic carbocycles. The molecule has 0 aliphatic heterocycles. The van der Waals surface area contributed by atoms with Crippen molar-refractivity contribution in [3.8, 4) is 0 Å². The van der Waals surface area contributed by atoms with Crippen LogP contribution in [-0.4, -0.2) is 12.6 Å². The Morgan fingerprint density at radius 3 is 2.12 bits per heavy atom. The van der Waals surface area contributed by atoms with Crippen LogP contribution in [0.25, 0.3) is 0 Å². The van der Waals surface area contributed by atoms with Crippen molar-refractivity contribution in [1.29, 1.82) is 0 Å². The molecule has 0 radical (unpaired) electrons. The highest BCUT2D eigenvalue weighted by Gasteiger charge is 2.20. The zero-order valence-corrected chi connectivity index (χ0v) is 11.7. The molecule has 2 aliphatic rings. The van der Waals surface area contributed by atoms with Gasteiger partial charge in [0.2, 0.25) is 0 Å². The van der Waals surface area contributed by atoms with Gasteiger partial charge in [-0.05, 0) is 44.1 Å². The van der Waals surface area contributed by atoms with Crippen LogP contribution < -0.4 is 5.32 Å². The van der Waals surface area contributed by atoms with Crippen LogP contribution in [0.3, 0.4) is 0 Å². The van der Waals surface area contributed by atoms with Crippen LogP contribution in [-0.2, 0) is 0 Å². The fraction of sp³-hybridized carbons (Fsp3) is 1.00. The van der Waals surface area contributed by atoms with Crippen molar-refractivity contribution in [2.24, 2.45) is 11.8 Å². The quantitative estimate of drug-likeness (QED) is 0.712. The summed E-state index contributed by atoms with van der Waals surface area (Å²) < 4.78 is 0. The van der Waals surface area contributed by atoms with Crippen LogP contribution in [0, 0.1) is 11.8 Å². The van der Waals surface area contributed by atoms with Crippen molar-refractivity contribution in [1.82, 2.24) is 5.32 Å². The van der Waals surface area contributed by atoms with E-state index in [1.807, 2.05) is 0 Å². The van der Waals surface area contributed by atoms with E-state index in [1.165, 1.54) is 77.2 Å². The van der Waals surface area contributed by atoms with E-state index in [2.05, 4.69) is 12.2 Å². The minimum Gasteiger partial charge on any atom is -0.313 e. The molecule has 0 aromatic rings. The molecule has 0 amide bonds. The molecule has 2 unspecified atom stereocenters. The van der Waals surface area contributed by atoms with Gasteiger partial charge in [0.15, 0.2) is 0 Å². The van der Waals surface area contributed by atoms with Crippen molar-refractivity contribution in [2.45, 2.75) is 83.6 Å². The van der Waals surface area contributed by atoms with Crippen molar-refractivity contribution in [3.63, 3.8) is 0 Å². The van der Waals surface area contributed by atoms with Crippen LogP contribution in [0.5, 0.6) is 0 Å². The van der Waals surface area contributed by atoms with Crippen LogP contribution in [0.2, 0.25) is 0 Å². The van der Waals surface area contributed by atoms with E-state index in [-0.39, 0.29) is 0 Å². The standard InChI is InChI=1S/C16H31N/c1-14-9-5-4-8-12-16(14)17-13-15-10-6-2-3-7-11-15/h14-17H,2-13H2,1H3. The molecule has 2 saturated carbocycles. The van der Waals surface area contributed by atoms with Gasteiger partial charge < -0.3 is 5.32 Å². The monoisotopic (exact) mass is 237 g/mol. The molecular formula is C16H31N. The lowest BCUT2D eigenvalue weighted by atomic mass is 9.95. The van der Waals surface area contributed by atoms with E-state index in [0.717, 1.165) is 17.9 Å². The first-order valence-electron chi connectivity index (χ1n) is 8.09. The number of rotatable bonds is 3. The first-order chi connectivity index (χ1) is 8.36. The van der Waals surface area contributed by atoms with E-state index in [9.17, 15) is 0 Å². The van der Waals surface area contributed by atoms with Gasteiger partial charge in [-0.2, -0.15) is 0 Å². The maximum absolute atomic E-state index is 3.91. The molecule has 2 rings (SSSR count). The zero-order chi connectivity index (χ0) is 11.9. The highest BCUT2D eigenvalue weighted by molar-refractivity contribution is 4.78. The van der Waals surface area contributed by atoms with Crippen molar-refractivity contribution in [2.75, 3.05) is 6.54 Å². The molecule has 2 fully saturated rings. The second kappa shape index (κ2) is 7.41. The summed E-state index contributed by atoms with van der Waals surface area (Å²) in [5.41, 5.74) is 0. The molecule has 0 spiro atoms. The molecule has 2 aliphatic carbocycles. The predicted molar refractivity (Wildman–Crippen MR) is 75.2 cm³/mol. The Balaban J connectivity index is 1.71. The Hall–Kier alpha value is -0.0400. The highest BCUT2D eigenvalue weighted by atomic mass is 14.9. The first kappa shape index (κ1) is 13.4. The Kier molecular flexibility index (Phi) is 5.84. The van der Waals surface area contributed by atoms with E-state index >= 15 is 0 Å². The number of hydrogen-bond donors (Lipinski definition) is 1. The van der Waals surface area contributed by atoms with Crippen LogP contribution in [0.1, 0.15) is 77.6 Å². The molecule has 1 nitrogen and oxygen atoms in total. The lowest BCUT2D eigenvalue weighted by Crippen LogP contribution is -2.37. The zero-order valence-electron chi connectivity index (χ0n) is 11.7. The summed E-state index contributed by atoms with van der Waals surface area (Å²) in [5, 5.41) is 3.91. The second-order valence-electron chi connectivity index (χ2n) is 6.49. The highest BCUT2D eigenvalue weighted by Crippen LogP contribution is 2.25. The van der Waals surface area contributed by atoms with Gasteiger partial charge >= 0.3 is 0 Å². The average Bonchev–Trinajstić information content (AvgIpc) is 2.69. The van der Waals surface area contributed by atoms with Gasteiger partial charge in [0.1, 0.15) is 0 Å². The van der Waals surface area contributed by atoms with E-state index < -0.39 is 0 Å². The fourth-order valence-corrected chi connectivity index (χ4v) is 3.68. The maximum Gasteiger partial charge on any atom is 0.00928 e. The summed E-state index contributed by atoms with van der Waals surface area (Å²) in [6, 6.07) is 0.820. The normalized spacial score (nSPS) is 33.0. The number of hydrogen-bond acceptors (Lipinski definition) is 1. The summed E-state index contributed by atoms with van der Waals surface area (Å²) in [6.07, 6.45) is 16.1. The lowest BCUT2D eigenvalue weighted by Gasteiger charge is -2.25. The van der Waals surface area contributed by atoms with Crippen LogP contribution in [0.15, 0.2) is 0 Å². The van der Waals surface area contributed by atoms with Crippen molar-refractivity contribution < 1.29 is 0 Å². The lowest BCUT2D eigenvalue weighted by molar-refractivity contribution is 0.319. The van der Waals surface area contributed by atoms with Crippen molar-refractivity contribution in [3.05, 3.63) is 0 Å². The SMILES string of the molecule is CC1CCCCCC1NCC1CCCCCC1. The minimum atomic E-state index is 0.820. The maximum atomic E-state index is 3.91. The Bertz CT molecular complexity index is 194. The van der Waals surface area contributed by atoms with Gasteiger partial charge in [0, 0.05) is 6.04 Å². The van der Waals surface area contributed by atoms with Gasteiger partial charge in [0.05, 0.1) is 0 Å². The largest absolute Gasteiger partial charge is 0.313 e. The molecule has 100 valence electrons. The molecule has 1 N–H and O–H groups in total. The predicted octanol–water partition coefficient (Wildman–Crippen LogP) is 4.52. The van der Waals surface area contributed by atoms with Gasteiger partial charge in [0.25, 0.3) is 0 Å². The molecule has 2 atom stereocenters. The molecule has 17 heavy (non-hydrogen) atoms. The van der Waals surface area contributed by atoms with Gasteiger partial charge in [-0.3, -0.25) is 0 Å². The van der Waals surface area contributed by atoms with E-state index in [4.69, 9.17) is 0 Å². The third-order valence-electron chi connectivity index (χ3n) is 5.00. The Morgan fingerprint density at radius 2 is 1.35 bits per heavy atom. The molecule has 1 heteroatoms. The van der Waals surface area contributed by atoms with E-state index in [1.54, 1.807) is 0 Å². The average molecular weight is 237 g/mol. The summed E-state index contributed by atoms with van der Waals surface area (Å²) >= 11 is 0. The molecule has 0 bridgehead atoms. The van der Waals surface area contributed by atoms with Gasteiger partial charge in [-0.25, -0.2) is 0 Å². The first-order valence-corrected chi connectivity index (χ1v) is 8.09. The molecule has 0 aromatic heterocycles. The van der Waals surface area contributed by atoms with Crippen molar-refractivity contribution >= 4 is 0 Å². The topological polar surface area (TPSA) is 12.0 Å². The smallest absolute Gasteiger partial charge is 0.00928 e. The van der Waals surface area contributed by atoms with Gasteiger partial charge in [-0.15, -0.1) is 0 Å². The third-order valence-corrected chi connectivity index (χ3v) is 5.00. The molecule has 0 heterocycles. The third kappa shape index (κ3) is 4.62. The molecular weight excluding hydrogens is 206 g/mol. The van der Waals surface area contributed by atoms with Crippen LogP contribution in [0.4, 0.5) is 0 Å². The summed E-state index contributed by atoms with van der Waals surface area (Å²) in [7, 11) is 0. The molecule has 0 saturated heterocycles. The van der Waals surface area contributed by atoms with E-state index in [0.29, 0.717) is 0 Å². The van der Waals surface area contributed by atoms with Crippen LogP contribution >= 0.6 is 0 Å². The summed E-state index contributed by atoms with van der Waals surface area (Å²) in [5.74, 6) is 1.89.